The molecular weight excluding hydrogens is 1890 g/mol. The van der Waals surface area contributed by atoms with Crippen LogP contribution in [-0.2, 0) is 29.0 Å². The summed E-state index contributed by atoms with van der Waals surface area (Å²) in [6.45, 7) is 8.33. The third-order valence-electron chi connectivity index (χ3n) is 21.8. The van der Waals surface area contributed by atoms with Crippen molar-refractivity contribution in [2.24, 2.45) is 11.8 Å². The van der Waals surface area contributed by atoms with Gasteiger partial charge in [-0.25, -0.2) is 19.7 Å². The summed E-state index contributed by atoms with van der Waals surface area (Å²) in [6, 6.07) is 50.8. The van der Waals surface area contributed by atoms with Crippen molar-refractivity contribution in [3.8, 4) is 108 Å². The molecule has 6 aromatic carbocycles. The number of hydrogen-bond acceptors (Lipinski definition) is 27. The lowest BCUT2D eigenvalue weighted by molar-refractivity contribution is 0.0609. The van der Waals surface area contributed by atoms with Crippen molar-refractivity contribution in [2.45, 2.75) is 59.0 Å². The van der Waals surface area contributed by atoms with E-state index in [4.69, 9.17) is 84.0 Å². The van der Waals surface area contributed by atoms with Gasteiger partial charge in [0.1, 0.15) is 60.8 Å². The van der Waals surface area contributed by atoms with E-state index >= 15 is 0 Å². The number of nitrogens with zero attached hydrogens (tertiary/aromatic N) is 10. The lowest BCUT2D eigenvalue weighted by Gasteiger charge is -2.23. The quantitative estimate of drug-likeness (QED) is 0.0373. The number of benzene rings is 6. The monoisotopic (exact) mass is 1990 g/mol. The van der Waals surface area contributed by atoms with Crippen LogP contribution in [0.25, 0.3) is 65.9 Å². The molecule has 2 aliphatic rings. The Kier molecular flexibility index (Phi) is 34.6. The number of methoxy groups -OCH3 is 8. The van der Waals surface area contributed by atoms with E-state index in [1.807, 2.05) is 126 Å². The number of carboxylic acids is 1. The first-order valence-electron chi connectivity index (χ1n) is 42.8. The Morgan fingerprint density at radius 2 is 0.765 bits per heavy atom. The Balaban J connectivity index is 0.000000148. The molecule has 33 heteroatoms. The van der Waals surface area contributed by atoms with Crippen molar-refractivity contribution in [1.82, 2.24) is 49.0 Å². The van der Waals surface area contributed by atoms with Gasteiger partial charge in [-0.05, 0) is 191 Å². The minimum absolute atomic E-state index is 0.0146. The highest BCUT2D eigenvalue weighted by Gasteiger charge is 2.24. The maximum Gasteiger partial charge on any atom is 0.341 e. The first kappa shape index (κ1) is 98.7. The second-order valence-electron chi connectivity index (χ2n) is 31.0. The smallest absolute Gasteiger partial charge is 0.341 e. The molecule has 136 heavy (non-hydrogen) atoms. The number of carbonyl (C=O) groups is 2. The predicted octanol–water partition coefficient (Wildman–Crippen LogP) is 21.1. The van der Waals surface area contributed by atoms with E-state index in [1.54, 1.807) is 185 Å². The Morgan fingerprint density at radius 3 is 1.12 bits per heavy atom. The topological polar surface area (TPSA) is 368 Å². The van der Waals surface area contributed by atoms with Gasteiger partial charge in [0, 0.05) is 152 Å². The van der Waals surface area contributed by atoms with Crippen molar-refractivity contribution in [3.63, 3.8) is 0 Å². The largest absolute Gasteiger partial charge is 0.506 e. The number of aromatic hydroxyl groups is 1. The number of nitrogen functional groups attached to an aromatic ring is 1. The zero-order chi connectivity index (χ0) is 96.3. The van der Waals surface area contributed by atoms with Crippen molar-refractivity contribution in [3.05, 3.63) is 307 Å². The average molecular weight is 1990 g/mol. The molecule has 4 N–H and O–H groups in total. The number of nitrogens with two attached hydrogens (primary N) is 1. The van der Waals surface area contributed by atoms with Gasteiger partial charge in [0.2, 0.25) is 5.43 Å². The third kappa shape index (κ3) is 26.0. The molecule has 0 bridgehead atoms. The minimum Gasteiger partial charge on any atom is -0.506 e. The van der Waals surface area contributed by atoms with E-state index in [-0.39, 0.29) is 34.5 Å². The van der Waals surface area contributed by atoms with Gasteiger partial charge in [-0.3, -0.25) is 39.3 Å². The SMILES string of the molecule is COc1cc2nccc(Cl)c2cc1OC.COc1cc2nccc(Oc3ccc(Br)nc3)c2cc1OC.COc1cc2nccc(Oc3ccc(CC(=O)c4cn(CC5CCOCC5)cc(-c5ccc(C)cc5)c4=O)nc3)c2cc1OC.COc1cc2nccc(Oc3ccc(N)nc3)c2cc1OC.Cc1ccc(-c2cn(CC3CCOCC3)cc(C(=O)O)c2=O)cc1.Oc1ccc(Br)nc1. The van der Waals surface area contributed by atoms with E-state index in [9.17, 15) is 24.3 Å². The fourth-order valence-corrected chi connectivity index (χ4v) is 15.3. The van der Waals surface area contributed by atoms with Gasteiger partial charge in [-0.15, -0.1) is 0 Å². The van der Waals surface area contributed by atoms with Gasteiger partial charge in [0.15, 0.2) is 57.2 Å². The first-order valence-corrected chi connectivity index (χ1v) is 44.7. The van der Waals surface area contributed by atoms with Crippen LogP contribution >= 0.6 is 43.5 Å². The molecule has 0 aliphatic carbocycles. The van der Waals surface area contributed by atoms with Crippen LogP contribution in [0.4, 0.5) is 5.82 Å². The van der Waals surface area contributed by atoms with Crippen molar-refractivity contribution >= 4 is 105 Å². The zero-order valence-electron chi connectivity index (χ0n) is 76.0. The second-order valence-corrected chi connectivity index (χ2v) is 33.0. The highest BCUT2D eigenvalue weighted by atomic mass is 79.9. The molecule has 0 saturated carbocycles. The number of carboxylic acid groups (broad SMARTS) is 1. The Hall–Kier alpha value is -14.8. The number of pyridine rings is 10. The Bertz CT molecular complexity index is 6780. The maximum absolute atomic E-state index is 13.7. The molecule has 2 saturated heterocycles. The highest BCUT2D eigenvalue weighted by molar-refractivity contribution is 9.10. The summed E-state index contributed by atoms with van der Waals surface area (Å²) in [4.78, 5) is 85.0. The van der Waals surface area contributed by atoms with Crippen LogP contribution in [0.2, 0.25) is 5.02 Å². The van der Waals surface area contributed by atoms with Gasteiger partial charge in [-0.2, -0.15) is 0 Å². The molecule has 12 heterocycles. The first-order chi connectivity index (χ1) is 65.9. The molecule has 0 unspecified atom stereocenters. The van der Waals surface area contributed by atoms with E-state index in [1.165, 1.54) is 12.4 Å². The standard InChI is InChI=1S/C36H35N3O6.C19H21NO4.C16H13BrN2O3.C16H15N3O3.C11H10ClNO2.C5H4BrNO/c1-23-4-6-25(7-5-23)29-21-39(20-24-11-14-44-15-12-24)22-30(36(29)41)32(40)16-26-8-9-27(19-38-26)45-33-10-13-37-31-18-35(43-3)34(42-2)17-28(31)33;1-13-2-4-15(5-3-13)16-11-20(10-14-6-8-24-9-7-14)12-17(18(16)21)19(22)23;2*1-20-14-7-11-12(8-15(14)21-2)18-6-5-13(11)22-10-3-4-16(17)19-9-10;1-14-10-5-7-8(12)3-4-13-9(7)6-11(10)15-2;6-5-2-1-4(8)3-7-5/h4-10,13,17-19,21-22,24H,11-12,14-16,20H2,1-3H3;2-5,11-12,14H,6-10H2,1H3,(H,22,23);3-9H,1-2H3;3-9H,1-2H3,(H2,17,19);3-6H,1-2H3;1-3,8H. The third-order valence-corrected chi connectivity index (χ3v) is 23.1. The summed E-state index contributed by atoms with van der Waals surface area (Å²) in [5, 5.41) is 22.0. The number of ketones is 1. The highest BCUT2D eigenvalue weighted by Crippen LogP contribution is 2.42. The zero-order valence-corrected chi connectivity index (χ0v) is 80.0. The summed E-state index contributed by atoms with van der Waals surface area (Å²) in [6.07, 6.45) is 23.4. The molecule has 16 aromatic rings. The summed E-state index contributed by atoms with van der Waals surface area (Å²) >= 11 is 12.5. The number of hydrogen-bond donors (Lipinski definition) is 3. The number of aryl methyl sites for hydroxylation is 2. The van der Waals surface area contributed by atoms with Gasteiger partial charge in [0.25, 0.3) is 0 Å². The van der Waals surface area contributed by atoms with Crippen LogP contribution in [0.1, 0.15) is 63.2 Å². The molecule has 10 aromatic heterocycles. The van der Waals surface area contributed by atoms with Crippen LogP contribution in [0.15, 0.2) is 263 Å². The van der Waals surface area contributed by atoms with E-state index in [2.05, 4.69) is 71.7 Å². The number of aromatic carboxylic acids is 1. The van der Waals surface area contributed by atoms with Crippen LogP contribution in [0.5, 0.6) is 86.2 Å². The number of aromatic nitrogens is 10. The summed E-state index contributed by atoms with van der Waals surface area (Å²) in [7, 11) is 12.7. The fourth-order valence-electron chi connectivity index (χ4n) is 14.7. The maximum atomic E-state index is 13.7. The predicted molar refractivity (Wildman–Crippen MR) is 527 cm³/mol. The Labute approximate surface area is 805 Å². The number of carbonyl (C=O) groups excluding carboxylic acids is 1. The van der Waals surface area contributed by atoms with Crippen LogP contribution in [-0.4, -0.2) is 154 Å². The molecular formula is C103H98Br2ClN11O19. The van der Waals surface area contributed by atoms with Gasteiger partial charge >= 0.3 is 5.97 Å². The van der Waals surface area contributed by atoms with Crippen LogP contribution in [0, 0.1) is 25.7 Å². The van der Waals surface area contributed by atoms with E-state index in [0.717, 1.165) is 128 Å². The van der Waals surface area contributed by atoms with Gasteiger partial charge in [-0.1, -0.05) is 71.3 Å². The van der Waals surface area contributed by atoms with Crippen LogP contribution < -0.4 is 68.7 Å². The molecule has 18 rings (SSSR count). The summed E-state index contributed by atoms with van der Waals surface area (Å²) in [5.41, 5.74) is 13.1. The number of ether oxygens (including phenoxy) is 13. The lowest BCUT2D eigenvalue weighted by atomic mass is 9.98. The Morgan fingerprint density at radius 1 is 0.412 bits per heavy atom. The molecule has 700 valence electrons. The van der Waals surface area contributed by atoms with Crippen molar-refractivity contribution < 1.29 is 81.4 Å². The van der Waals surface area contributed by atoms with E-state index < -0.39 is 11.4 Å². The van der Waals surface area contributed by atoms with Crippen molar-refractivity contribution in [1.29, 1.82) is 0 Å². The number of rotatable bonds is 24. The molecule has 2 fully saturated rings. The molecule has 0 radical (unpaired) electrons. The molecule has 2 aliphatic heterocycles. The number of Topliss-reactive ketones (excluding diaryl/α,β-unsaturated/α-hetero) is 1. The van der Waals surface area contributed by atoms with Gasteiger partial charge < -0.3 is 86.7 Å². The second kappa shape index (κ2) is 47.7. The summed E-state index contributed by atoms with van der Waals surface area (Å²) < 4.78 is 76.6. The molecule has 0 amide bonds. The van der Waals surface area contributed by atoms with Crippen molar-refractivity contribution in [2.75, 3.05) is 89.0 Å². The fraction of sp³-hybridized carbons (Fsp3) is 0.223. The normalized spacial score (nSPS) is 12.2. The summed E-state index contributed by atoms with van der Waals surface area (Å²) in [5.74, 6) is 8.59. The average Bonchev–Trinajstić information content (AvgIpc) is 0.843. The molecule has 0 atom stereocenters. The molecule has 30 nitrogen and oxygen atoms in total. The number of halogens is 3. The number of anilines is 1. The molecule has 0 spiro atoms. The minimum atomic E-state index is -1.19. The van der Waals surface area contributed by atoms with Crippen LogP contribution in [0.3, 0.4) is 0 Å². The van der Waals surface area contributed by atoms with E-state index in [0.29, 0.717) is 132 Å². The lowest BCUT2D eigenvalue weighted by Crippen LogP contribution is -2.25. The number of fused-ring (bicyclic) bond motifs is 4. The van der Waals surface area contributed by atoms with Gasteiger partial charge in [0.05, 0.1) is 121 Å².